The summed E-state index contributed by atoms with van der Waals surface area (Å²) in [6, 6.07) is 26.8. The molecule has 1 atom stereocenters. The number of amides is 1. The predicted molar refractivity (Wildman–Crippen MR) is 113 cm³/mol. The zero-order chi connectivity index (χ0) is 19.6. The van der Waals surface area contributed by atoms with Crippen molar-refractivity contribution in [3.8, 4) is 0 Å². The van der Waals surface area contributed by atoms with Crippen molar-refractivity contribution in [3.05, 3.63) is 107 Å². The maximum atomic E-state index is 12.9. The summed E-state index contributed by atoms with van der Waals surface area (Å²) in [5.41, 5.74) is 8.25. The summed E-state index contributed by atoms with van der Waals surface area (Å²) < 4.78 is 0. The molecule has 0 spiro atoms. The first-order chi connectivity index (χ1) is 13.6. The molecule has 1 aliphatic carbocycles. The summed E-state index contributed by atoms with van der Waals surface area (Å²) in [4.78, 5) is 12.9. The van der Waals surface area contributed by atoms with Crippen LogP contribution in [0.3, 0.4) is 0 Å². The van der Waals surface area contributed by atoms with E-state index >= 15 is 0 Å². The normalized spacial score (nSPS) is 17.4. The van der Waals surface area contributed by atoms with Crippen LogP contribution in [0.25, 0.3) is 0 Å². The molecule has 4 rings (SSSR count). The summed E-state index contributed by atoms with van der Waals surface area (Å²) in [5, 5.41) is 4.16. The van der Waals surface area contributed by atoms with Crippen molar-refractivity contribution in [2.24, 2.45) is 11.0 Å². The molecule has 3 nitrogen and oxygen atoms in total. The molecule has 0 heterocycles. The highest BCUT2D eigenvalue weighted by atomic mass is 16.2. The second kappa shape index (κ2) is 7.43. The molecule has 0 aromatic heterocycles. The van der Waals surface area contributed by atoms with Crippen molar-refractivity contribution in [3.63, 3.8) is 0 Å². The molecule has 1 fully saturated rings. The van der Waals surface area contributed by atoms with Gasteiger partial charge in [-0.25, -0.2) is 5.43 Å². The minimum absolute atomic E-state index is 0.0340. The minimum atomic E-state index is -0.270. The van der Waals surface area contributed by atoms with Crippen LogP contribution in [-0.2, 0) is 10.2 Å². The van der Waals surface area contributed by atoms with Crippen LogP contribution in [0.1, 0.15) is 34.2 Å². The highest BCUT2D eigenvalue weighted by molar-refractivity contribution is 5.87. The van der Waals surface area contributed by atoms with Gasteiger partial charge >= 0.3 is 0 Å². The number of hydrogen-bond acceptors (Lipinski definition) is 2. The van der Waals surface area contributed by atoms with E-state index in [2.05, 4.69) is 72.9 Å². The van der Waals surface area contributed by atoms with Gasteiger partial charge in [0, 0.05) is 5.41 Å². The van der Waals surface area contributed by atoms with E-state index in [0.29, 0.717) is 0 Å². The lowest BCUT2D eigenvalue weighted by molar-refractivity contribution is -0.122. The lowest BCUT2D eigenvalue weighted by Crippen LogP contribution is -2.25. The Morgan fingerprint density at radius 1 is 0.893 bits per heavy atom. The first kappa shape index (κ1) is 18.2. The van der Waals surface area contributed by atoms with E-state index in [4.69, 9.17) is 0 Å². The lowest BCUT2D eigenvalue weighted by Gasteiger charge is -2.19. The molecule has 0 saturated heterocycles. The quantitative estimate of drug-likeness (QED) is 0.512. The average molecular weight is 368 g/mol. The lowest BCUT2D eigenvalue weighted by atomic mass is 9.85. The van der Waals surface area contributed by atoms with Crippen LogP contribution >= 0.6 is 0 Å². The molecule has 1 amide bonds. The monoisotopic (exact) mass is 368 g/mol. The fourth-order valence-electron chi connectivity index (χ4n) is 3.87. The maximum absolute atomic E-state index is 12.9. The van der Waals surface area contributed by atoms with Gasteiger partial charge in [-0.3, -0.25) is 4.79 Å². The van der Waals surface area contributed by atoms with E-state index in [9.17, 15) is 4.79 Å². The Balaban J connectivity index is 1.58. The SMILES string of the molecule is Cc1ccc(C2(c3ccc(C)cc3)C[C@H]2C(=O)NN=Cc2ccccc2)cc1. The fourth-order valence-corrected chi connectivity index (χ4v) is 3.87. The Morgan fingerprint density at radius 3 is 1.96 bits per heavy atom. The van der Waals surface area contributed by atoms with E-state index in [1.54, 1.807) is 6.21 Å². The van der Waals surface area contributed by atoms with E-state index < -0.39 is 0 Å². The van der Waals surface area contributed by atoms with Crippen molar-refractivity contribution < 1.29 is 4.79 Å². The third-order valence-corrected chi connectivity index (χ3v) is 5.60. The van der Waals surface area contributed by atoms with Crippen molar-refractivity contribution in [2.75, 3.05) is 0 Å². The molecule has 1 N–H and O–H groups in total. The van der Waals surface area contributed by atoms with Crippen LogP contribution in [0.2, 0.25) is 0 Å². The van der Waals surface area contributed by atoms with E-state index in [-0.39, 0.29) is 17.2 Å². The number of benzene rings is 3. The molecule has 0 unspecified atom stereocenters. The fraction of sp³-hybridized carbons (Fsp3) is 0.200. The second-order valence-corrected chi connectivity index (χ2v) is 7.61. The van der Waals surface area contributed by atoms with E-state index in [1.807, 2.05) is 30.3 Å². The van der Waals surface area contributed by atoms with Crippen molar-refractivity contribution in [1.29, 1.82) is 0 Å². The minimum Gasteiger partial charge on any atom is -0.273 e. The van der Waals surface area contributed by atoms with Gasteiger partial charge in [0.2, 0.25) is 5.91 Å². The van der Waals surface area contributed by atoms with Crippen LogP contribution in [0.5, 0.6) is 0 Å². The first-order valence-electron chi connectivity index (χ1n) is 9.62. The molecule has 0 bridgehead atoms. The standard InChI is InChI=1S/C25H24N2O/c1-18-8-12-21(13-9-18)25(22-14-10-19(2)11-15-22)16-23(25)24(28)27-26-17-20-6-4-3-5-7-20/h3-15,17,23H,16H2,1-2H3,(H,27,28)/t23-/m0/s1. The van der Waals surface area contributed by atoms with Crippen LogP contribution in [0.15, 0.2) is 84.0 Å². The van der Waals surface area contributed by atoms with Crippen molar-refractivity contribution >= 4 is 12.1 Å². The molecule has 140 valence electrons. The number of carbonyl (C=O) groups is 1. The van der Waals surface area contributed by atoms with E-state index in [1.165, 1.54) is 22.3 Å². The molecule has 3 aromatic rings. The Hall–Kier alpha value is -3.20. The number of aryl methyl sites for hydroxylation is 2. The number of hydrogen-bond donors (Lipinski definition) is 1. The zero-order valence-electron chi connectivity index (χ0n) is 16.2. The largest absolute Gasteiger partial charge is 0.273 e. The molecule has 3 aromatic carbocycles. The summed E-state index contributed by atoms with van der Waals surface area (Å²) in [6.07, 6.45) is 2.48. The van der Waals surface area contributed by atoms with Crippen LogP contribution in [0, 0.1) is 19.8 Å². The van der Waals surface area contributed by atoms with Gasteiger partial charge in [0.05, 0.1) is 12.1 Å². The van der Waals surface area contributed by atoms with Crippen LogP contribution in [-0.4, -0.2) is 12.1 Å². The number of hydrazone groups is 1. The summed E-state index contributed by atoms with van der Waals surface area (Å²) >= 11 is 0. The second-order valence-electron chi connectivity index (χ2n) is 7.61. The Bertz CT molecular complexity index is 943. The van der Waals surface area contributed by atoms with Crippen LogP contribution in [0.4, 0.5) is 0 Å². The smallest absolute Gasteiger partial charge is 0.244 e. The highest BCUT2D eigenvalue weighted by Crippen LogP contribution is 2.59. The molecule has 0 aliphatic heterocycles. The molecular weight excluding hydrogens is 344 g/mol. The van der Waals surface area contributed by atoms with Gasteiger partial charge < -0.3 is 0 Å². The number of nitrogens with one attached hydrogen (secondary N) is 1. The maximum Gasteiger partial charge on any atom is 0.244 e. The Kier molecular flexibility index (Phi) is 4.82. The van der Waals surface area contributed by atoms with Crippen molar-refractivity contribution in [2.45, 2.75) is 25.7 Å². The molecule has 3 heteroatoms. The average Bonchev–Trinajstić information content (AvgIpc) is 3.47. The Labute approximate surface area is 166 Å². The third kappa shape index (κ3) is 3.48. The van der Waals surface area contributed by atoms with Gasteiger partial charge in [-0.05, 0) is 37.0 Å². The van der Waals surface area contributed by atoms with Gasteiger partial charge in [-0.15, -0.1) is 0 Å². The zero-order valence-corrected chi connectivity index (χ0v) is 16.2. The predicted octanol–water partition coefficient (Wildman–Crippen LogP) is 4.76. The van der Waals surface area contributed by atoms with Crippen LogP contribution < -0.4 is 5.43 Å². The third-order valence-electron chi connectivity index (χ3n) is 5.60. The van der Waals surface area contributed by atoms with Gasteiger partial charge in [0.15, 0.2) is 0 Å². The highest BCUT2D eigenvalue weighted by Gasteiger charge is 2.60. The first-order valence-corrected chi connectivity index (χ1v) is 9.62. The Morgan fingerprint density at radius 2 is 1.43 bits per heavy atom. The van der Waals surface area contributed by atoms with Crippen molar-refractivity contribution in [1.82, 2.24) is 5.43 Å². The number of rotatable bonds is 5. The van der Waals surface area contributed by atoms with E-state index in [0.717, 1.165) is 12.0 Å². The molecule has 28 heavy (non-hydrogen) atoms. The summed E-state index contributed by atoms with van der Waals surface area (Å²) in [6.45, 7) is 4.16. The molecule has 1 saturated carbocycles. The summed E-state index contributed by atoms with van der Waals surface area (Å²) in [5.74, 6) is -0.154. The number of carbonyl (C=O) groups excluding carboxylic acids is 1. The molecule has 1 aliphatic rings. The van der Waals surface area contributed by atoms with Gasteiger partial charge in [0.1, 0.15) is 0 Å². The molecule has 0 radical (unpaired) electrons. The number of nitrogens with zero attached hydrogens (tertiary/aromatic N) is 1. The topological polar surface area (TPSA) is 41.5 Å². The van der Waals surface area contributed by atoms with Gasteiger partial charge in [-0.1, -0.05) is 90.0 Å². The molecular formula is C25H24N2O. The van der Waals surface area contributed by atoms with Gasteiger partial charge in [-0.2, -0.15) is 5.10 Å². The van der Waals surface area contributed by atoms with Gasteiger partial charge in [0.25, 0.3) is 0 Å². The summed E-state index contributed by atoms with van der Waals surface area (Å²) in [7, 11) is 0.